The van der Waals surface area contributed by atoms with Gasteiger partial charge in [-0.2, -0.15) is 0 Å². The largest absolute Gasteiger partial charge is 0.495 e. The van der Waals surface area contributed by atoms with E-state index in [-0.39, 0.29) is 29.2 Å². The molecule has 1 unspecified atom stereocenters. The van der Waals surface area contributed by atoms with E-state index in [1.165, 1.54) is 40.3 Å². The number of hydrogen-bond acceptors (Lipinski definition) is 6. The quantitative estimate of drug-likeness (QED) is 0.563. The molecule has 140 valence electrons. The van der Waals surface area contributed by atoms with Crippen molar-refractivity contribution in [3.63, 3.8) is 0 Å². The molecular weight excluding hydrogens is 352 g/mol. The number of aliphatic carboxylic acids is 1. The zero-order chi connectivity index (χ0) is 19.3. The van der Waals surface area contributed by atoms with Crippen LogP contribution in [0.5, 0.6) is 5.75 Å². The van der Waals surface area contributed by atoms with Crippen LogP contribution >= 0.6 is 0 Å². The molecule has 0 saturated carbocycles. The third kappa shape index (κ3) is 5.41. The minimum Gasteiger partial charge on any atom is -0.495 e. The van der Waals surface area contributed by atoms with E-state index in [1.54, 1.807) is 0 Å². The first-order valence-corrected chi connectivity index (χ1v) is 8.71. The van der Waals surface area contributed by atoms with Crippen molar-refractivity contribution in [1.82, 2.24) is 10.0 Å². The highest BCUT2D eigenvalue weighted by molar-refractivity contribution is 7.89. The third-order valence-electron chi connectivity index (χ3n) is 3.40. The highest BCUT2D eigenvalue weighted by Crippen LogP contribution is 2.25. The number of carbonyl (C=O) groups excluding carboxylic acids is 1. The van der Waals surface area contributed by atoms with Gasteiger partial charge >= 0.3 is 5.97 Å². The van der Waals surface area contributed by atoms with Gasteiger partial charge < -0.3 is 19.9 Å². The lowest BCUT2D eigenvalue weighted by Crippen LogP contribution is -2.50. The van der Waals surface area contributed by atoms with Gasteiger partial charge in [0, 0.05) is 12.7 Å². The molecule has 0 radical (unpaired) electrons. The summed E-state index contributed by atoms with van der Waals surface area (Å²) in [6.07, 6.45) is -0.357. The molecule has 3 N–H and O–H groups in total. The standard InChI is InChI=1S/C15H22N2O7S/c1-15(9-23-3,8-13(18)19)17-14(20)10-5-6-11(24-4)12(7-10)25(21,22)16-2/h5-7,16H,8-9H2,1-4H3,(H,17,20)(H,18,19). The molecule has 1 rings (SSSR count). The topological polar surface area (TPSA) is 131 Å². The molecule has 0 saturated heterocycles. The fraction of sp³-hybridized carbons (Fsp3) is 0.467. The van der Waals surface area contributed by atoms with Crippen molar-refractivity contribution in [3.8, 4) is 5.75 Å². The number of ether oxygens (including phenoxy) is 2. The molecule has 0 aliphatic carbocycles. The van der Waals surface area contributed by atoms with Crippen molar-refractivity contribution in [3.05, 3.63) is 23.8 Å². The average molecular weight is 374 g/mol. The van der Waals surface area contributed by atoms with Gasteiger partial charge in [0.2, 0.25) is 10.0 Å². The van der Waals surface area contributed by atoms with Crippen LogP contribution in [0.15, 0.2) is 23.1 Å². The summed E-state index contributed by atoms with van der Waals surface area (Å²) in [6, 6.07) is 3.90. The van der Waals surface area contributed by atoms with Gasteiger partial charge in [0.1, 0.15) is 10.6 Å². The van der Waals surface area contributed by atoms with Gasteiger partial charge in [0.05, 0.1) is 25.7 Å². The molecule has 1 aromatic carbocycles. The van der Waals surface area contributed by atoms with Crippen molar-refractivity contribution in [2.75, 3.05) is 27.9 Å². The van der Waals surface area contributed by atoms with Crippen LogP contribution in [0.3, 0.4) is 0 Å². The number of nitrogens with one attached hydrogen (secondary N) is 2. The van der Waals surface area contributed by atoms with Crippen LogP contribution in [0.2, 0.25) is 0 Å². The Morgan fingerprint density at radius 2 is 1.92 bits per heavy atom. The maximum atomic E-state index is 12.5. The van der Waals surface area contributed by atoms with E-state index in [4.69, 9.17) is 14.6 Å². The summed E-state index contributed by atoms with van der Waals surface area (Å²) >= 11 is 0. The number of sulfonamides is 1. The lowest BCUT2D eigenvalue weighted by molar-refractivity contribution is -0.139. The Hall–Kier alpha value is -2.17. The van der Waals surface area contributed by atoms with E-state index in [0.717, 1.165) is 6.07 Å². The molecule has 10 heteroatoms. The number of benzene rings is 1. The molecule has 0 spiro atoms. The lowest BCUT2D eigenvalue weighted by Gasteiger charge is -2.28. The third-order valence-corrected chi connectivity index (χ3v) is 4.84. The first-order chi connectivity index (χ1) is 11.6. The van der Waals surface area contributed by atoms with Gasteiger partial charge in [-0.1, -0.05) is 0 Å². The van der Waals surface area contributed by atoms with E-state index in [1.807, 2.05) is 0 Å². The normalized spacial score (nSPS) is 13.8. The van der Waals surface area contributed by atoms with E-state index in [0.29, 0.717) is 0 Å². The Bertz CT molecular complexity index is 748. The van der Waals surface area contributed by atoms with Gasteiger partial charge in [0.15, 0.2) is 0 Å². The second-order valence-electron chi connectivity index (χ2n) is 5.59. The van der Waals surface area contributed by atoms with Gasteiger partial charge in [-0.15, -0.1) is 0 Å². The summed E-state index contributed by atoms with van der Waals surface area (Å²) in [6.45, 7) is 1.50. The van der Waals surface area contributed by atoms with Crippen LogP contribution in [0, 0.1) is 0 Å². The molecule has 0 aliphatic heterocycles. The molecule has 1 amide bonds. The summed E-state index contributed by atoms with van der Waals surface area (Å²) in [7, 11) is 0.0943. The lowest BCUT2D eigenvalue weighted by atomic mass is 9.98. The molecule has 9 nitrogen and oxygen atoms in total. The molecule has 0 aliphatic rings. The summed E-state index contributed by atoms with van der Waals surface area (Å²) in [5.41, 5.74) is -1.11. The van der Waals surface area contributed by atoms with E-state index in [2.05, 4.69) is 10.0 Å². The summed E-state index contributed by atoms with van der Waals surface area (Å²) in [5.74, 6) is -1.65. The van der Waals surface area contributed by atoms with Crippen LogP contribution in [0.4, 0.5) is 0 Å². The van der Waals surface area contributed by atoms with Gasteiger partial charge in [-0.25, -0.2) is 13.1 Å². The second kappa shape index (κ2) is 8.28. The minimum atomic E-state index is -3.84. The Morgan fingerprint density at radius 3 is 2.40 bits per heavy atom. The summed E-state index contributed by atoms with van der Waals surface area (Å²) in [4.78, 5) is 23.3. The summed E-state index contributed by atoms with van der Waals surface area (Å²) in [5, 5.41) is 11.6. The molecule has 1 aromatic rings. The number of carboxylic acid groups (broad SMARTS) is 1. The molecule has 0 heterocycles. The minimum absolute atomic E-state index is 0.0249. The van der Waals surface area contributed by atoms with Crippen molar-refractivity contribution in [2.45, 2.75) is 23.8 Å². The second-order valence-corrected chi connectivity index (χ2v) is 7.45. The smallest absolute Gasteiger partial charge is 0.305 e. The fourth-order valence-corrected chi connectivity index (χ4v) is 3.19. The van der Waals surface area contributed by atoms with Crippen LogP contribution in [-0.4, -0.2) is 58.8 Å². The number of methoxy groups -OCH3 is 2. The molecule has 1 atom stereocenters. The maximum Gasteiger partial charge on any atom is 0.305 e. The van der Waals surface area contributed by atoms with Crippen molar-refractivity contribution in [2.24, 2.45) is 0 Å². The average Bonchev–Trinajstić information content (AvgIpc) is 2.53. The van der Waals surface area contributed by atoms with E-state index >= 15 is 0 Å². The molecule has 0 aromatic heterocycles. The van der Waals surface area contributed by atoms with Crippen molar-refractivity contribution >= 4 is 21.9 Å². The Kier molecular flexibility index (Phi) is 6.91. The zero-order valence-electron chi connectivity index (χ0n) is 14.5. The number of amides is 1. The van der Waals surface area contributed by atoms with Gasteiger partial charge in [-0.05, 0) is 32.2 Å². The van der Waals surface area contributed by atoms with Crippen LogP contribution < -0.4 is 14.8 Å². The monoisotopic (exact) mass is 374 g/mol. The number of carboxylic acids is 1. The predicted molar refractivity (Wildman–Crippen MR) is 89.2 cm³/mol. The molecule has 0 fully saturated rings. The first-order valence-electron chi connectivity index (χ1n) is 7.23. The predicted octanol–water partition coefficient (Wildman–Crippen LogP) is 0.213. The number of hydrogen-bond donors (Lipinski definition) is 3. The van der Waals surface area contributed by atoms with Crippen LogP contribution in [0.25, 0.3) is 0 Å². The van der Waals surface area contributed by atoms with Gasteiger partial charge in [-0.3, -0.25) is 9.59 Å². The highest BCUT2D eigenvalue weighted by Gasteiger charge is 2.30. The van der Waals surface area contributed by atoms with E-state index < -0.39 is 27.4 Å². The summed E-state index contributed by atoms with van der Waals surface area (Å²) < 4.78 is 36.3. The van der Waals surface area contributed by atoms with Gasteiger partial charge in [0.25, 0.3) is 5.91 Å². The first kappa shape index (κ1) is 20.9. The maximum absolute atomic E-state index is 12.5. The van der Waals surface area contributed by atoms with Crippen molar-refractivity contribution < 1.29 is 32.6 Å². The molecular formula is C15H22N2O7S. The Morgan fingerprint density at radius 1 is 1.28 bits per heavy atom. The Labute approximate surface area is 146 Å². The molecule has 25 heavy (non-hydrogen) atoms. The fourth-order valence-electron chi connectivity index (χ4n) is 2.27. The van der Waals surface area contributed by atoms with Crippen LogP contribution in [-0.2, 0) is 19.6 Å². The van der Waals surface area contributed by atoms with Crippen LogP contribution in [0.1, 0.15) is 23.7 Å². The van der Waals surface area contributed by atoms with Crippen molar-refractivity contribution in [1.29, 1.82) is 0 Å². The SMILES string of the molecule is CNS(=O)(=O)c1cc(C(=O)NC(C)(COC)CC(=O)O)ccc1OC. The zero-order valence-corrected chi connectivity index (χ0v) is 15.3. The molecule has 0 bridgehead atoms. The number of carbonyl (C=O) groups is 2. The highest BCUT2D eigenvalue weighted by atomic mass is 32.2. The van der Waals surface area contributed by atoms with E-state index in [9.17, 15) is 18.0 Å². The Balaban J connectivity index is 3.21. The number of rotatable bonds is 9.